The van der Waals surface area contributed by atoms with Gasteiger partial charge in [0.25, 0.3) is 0 Å². The van der Waals surface area contributed by atoms with Crippen LogP contribution in [0.15, 0.2) is 18.3 Å². The zero-order valence-corrected chi connectivity index (χ0v) is 7.31. The molecule has 0 bridgehead atoms. The van der Waals surface area contributed by atoms with E-state index in [1.807, 2.05) is 12.3 Å². The van der Waals surface area contributed by atoms with Crippen LogP contribution in [0.2, 0.25) is 0 Å². The Morgan fingerprint density at radius 3 is 2.83 bits per heavy atom. The molecule has 0 fully saturated rings. The fraction of sp³-hybridized carbons (Fsp3) is 0.200. The zero-order valence-electron chi connectivity index (χ0n) is 7.31. The molecule has 0 amide bonds. The third-order valence-electron chi connectivity index (χ3n) is 2.40. The molecule has 0 atom stereocenters. The minimum Gasteiger partial charge on any atom is -0.397 e. The number of nitrogens with one attached hydrogen (secondary N) is 1. The topological polar surface area (TPSA) is 41.8 Å². The molecule has 0 aliphatic heterocycles. The summed E-state index contributed by atoms with van der Waals surface area (Å²) in [6.45, 7) is 4.20. The maximum atomic E-state index is 5.84. The summed E-state index contributed by atoms with van der Waals surface area (Å²) in [5.41, 5.74) is 10.3. The second-order valence-electron chi connectivity index (χ2n) is 3.17. The van der Waals surface area contributed by atoms with Gasteiger partial charge in [-0.3, -0.25) is 0 Å². The summed E-state index contributed by atoms with van der Waals surface area (Å²) < 4.78 is 0. The molecule has 2 nitrogen and oxygen atoms in total. The normalized spacial score (nSPS) is 10.8. The first-order valence-electron chi connectivity index (χ1n) is 4.03. The van der Waals surface area contributed by atoms with Gasteiger partial charge in [0.1, 0.15) is 0 Å². The predicted molar refractivity (Wildman–Crippen MR) is 52.2 cm³/mol. The van der Waals surface area contributed by atoms with Crippen LogP contribution in [0.25, 0.3) is 10.9 Å². The second-order valence-corrected chi connectivity index (χ2v) is 3.17. The monoisotopic (exact) mass is 160 g/mol. The molecule has 3 N–H and O–H groups in total. The zero-order chi connectivity index (χ0) is 8.72. The third kappa shape index (κ3) is 0.811. The number of nitrogen functional groups attached to an aromatic ring is 1. The van der Waals surface area contributed by atoms with Gasteiger partial charge in [-0.05, 0) is 37.1 Å². The van der Waals surface area contributed by atoms with Crippen LogP contribution in [-0.2, 0) is 0 Å². The molecule has 1 aromatic carbocycles. The number of H-pyrrole nitrogens is 1. The van der Waals surface area contributed by atoms with Crippen molar-refractivity contribution in [3.05, 3.63) is 29.5 Å². The molecule has 0 saturated carbocycles. The lowest BCUT2D eigenvalue weighted by Crippen LogP contribution is -1.90. The van der Waals surface area contributed by atoms with Gasteiger partial charge in [-0.1, -0.05) is 0 Å². The molecule has 0 unspecified atom stereocenters. The molecule has 0 radical (unpaired) electrons. The van der Waals surface area contributed by atoms with Crippen LogP contribution >= 0.6 is 0 Å². The average Bonchev–Trinajstić information content (AvgIpc) is 2.48. The van der Waals surface area contributed by atoms with Crippen LogP contribution in [0.5, 0.6) is 0 Å². The standard InChI is InChI=1S/C10H12N2/c1-6-5-9(11)10-8(7(6)2)3-4-12-10/h3-5,12H,11H2,1-2H3. The fourth-order valence-electron chi connectivity index (χ4n) is 1.55. The van der Waals surface area contributed by atoms with Crippen molar-refractivity contribution < 1.29 is 0 Å². The van der Waals surface area contributed by atoms with Crippen molar-refractivity contribution in [1.29, 1.82) is 0 Å². The van der Waals surface area contributed by atoms with Gasteiger partial charge in [0.05, 0.1) is 11.2 Å². The highest BCUT2D eigenvalue weighted by molar-refractivity contribution is 5.93. The molecule has 1 heterocycles. The van der Waals surface area contributed by atoms with Gasteiger partial charge >= 0.3 is 0 Å². The van der Waals surface area contributed by atoms with Gasteiger partial charge < -0.3 is 10.7 Å². The lowest BCUT2D eigenvalue weighted by molar-refractivity contribution is 1.38. The number of rotatable bonds is 0. The van der Waals surface area contributed by atoms with Gasteiger partial charge in [-0.25, -0.2) is 0 Å². The first-order chi connectivity index (χ1) is 5.70. The van der Waals surface area contributed by atoms with E-state index in [0.717, 1.165) is 11.2 Å². The summed E-state index contributed by atoms with van der Waals surface area (Å²) >= 11 is 0. The minimum atomic E-state index is 0.832. The van der Waals surface area contributed by atoms with E-state index in [1.165, 1.54) is 16.5 Å². The predicted octanol–water partition coefficient (Wildman–Crippen LogP) is 2.37. The van der Waals surface area contributed by atoms with Crippen molar-refractivity contribution in [3.8, 4) is 0 Å². The van der Waals surface area contributed by atoms with Crippen LogP contribution in [0.4, 0.5) is 5.69 Å². The van der Waals surface area contributed by atoms with E-state index >= 15 is 0 Å². The van der Waals surface area contributed by atoms with Gasteiger partial charge in [0, 0.05) is 11.6 Å². The average molecular weight is 160 g/mol. The Hall–Kier alpha value is -1.44. The lowest BCUT2D eigenvalue weighted by atomic mass is 10.0. The lowest BCUT2D eigenvalue weighted by Gasteiger charge is -2.04. The molecule has 0 saturated heterocycles. The van der Waals surface area contributed by atoms with Crippen LogP contribution in [0, 0.1) is 13.8 Å². The van der Waals surface area contributed by atoms with Crippen molar-refractivity contribution in [2.75, 3.05) is 5.73 Å². The van der Waals surface area contributed by atoms with Crippen LogP contribution in [0.3, 0.4) is 0 Å². The Morgan fingerprint density at radius 2 is 2.08 bits per heavy atom. The highest BCUT2D eigenvalue weighted by Gasteiger charge is 2.03. The van der Waals surface area contributed by atoms with Crippen molar-refractivity contribution in [3.63, 3.8) is 0 Å². The molecule has 0 spiro atoms. The van der Waals surface area contributed by atoms with Crippen molar-refractivity contribution >= 4 is 16.6 Å². The molecule has 1 aromatic heterocycles. The van der Waals surface area contributed by atoms with E-state index in [-0.39, 0.29) is 0 Å². The summed E-state index contributed by atoms with van der Waals surface area (Å²) in [6.07, 6.45) is 1.92. The van der Waals surface area contributed by atoms with E-state index in [0.29, 0.717) is 0 Å². The summed E-state index contributed by atoms with van der Waals surface area (Å²) in [5.74, 6) is 0. The van der Waals surface area contributed by atoms with E-state index in [9.17, 15) is 0 Å². The molecule has 2 rings (SSSR count). The Bertz CT molecular complexity index is 427. The molecular weight excluding hydrogens is 148 g/mol. The number of aromatic nitrogens is 1. The summed E-state index contributed by atoms with van der Waals surface area (Å²) in [7, 11) is 0. The summed E-state index contributed by atoms with van der Waals surface area (Å²) in [4.78, 5) is 3.13. The molecule has 62 valence electrons. The molecular formula is C10H12N2. The van der Waals surface area contributed by atoms with Gasteiger partial charge in [0.15, 0.2) is 0 Å². The maximum Gasteiger partial charge on any atom is 0.0690 e. The first kappa shape index (κ1) is 7.22. The number of aromatic amines is 1. The van der Waals surface area contributed by atoms with Crippen molar-refractivity contribution in [1.82, 2.24) is 4.98 Å². The van der Waals surface area contributed by atoms with Crippen LogP contribution in [0.1, 0.15) is 11.1 Å². The smallest absolute Gasteiger partial charge is 0.0690 e. The molecule has 0 aliphatic carbocycles. The van der Waals surface area contributed by atoms with Gasteiger partial charge in [0.2, 0.25) is 0 Å². The number of anilines is 1. The van der Waals surface area contributed by atoms with Crippen LogP contribution in [-0.4, -0.2) is 4.98 Å². The molecule has 2 heteroatoms. The quantitative estimate of drug-likeness (QED) is 0.571. The van der Waals surface area contributed by atoms with E-state index < -0.39 is 0 Å². The second kappa shape index (κ2) is 2.27. The van der Waals surface area contributed by atoms with Crippen molar-refractivity contribution in [2.45, 2.75) is 13.8 Å². The Labute approximate surface area is 71.4 Å². The van der Waals surface area contributed by atoms with E-state index in [4.69, 9.17) is 5.73 Å². The highest BCUT2D eigenvalue weighted by Crippen LogP contribution is 2.25. The SMILES string of the molecule is Cc1cc(N)c2[nH]ccc2c1C. The number of fused-ring (bicyclic) bond motifs is 1. The van der Waals surface area contributed by atoms with E-state index in [1.54, 1.807) is 0 Å². The maximum absolute atomic E-state index is 5.84. The first-order valence-corrected chi connectivity index (χ1v) is 4.03. The number of benzene rings is 1. The Balaban J connectivity index is 2.97. The largest absolute Gasteiger partial charge is 0.397 e. The molecule has 2 aromatic rings. The summed E-state index contributed by atoms with van der Waals surface area (Å²) in [5, 5.41) is 1.23. The van der Waals surface area contributed by atoms with E-state index in [2.05, 4.69) is 24.9 Å². The minimum absolute atomic E-state index is 0.832. The molecule has 0 aliphatic rings. The van der Waals surface area contributed by atoms with Gasteiger partial charge in [-0.15, -0.1) is 0 Å². The molecule has 12 heavy (non-hydrogen) atoms. The van der Waals surface area contributed by atoms with Crippen LogP contribution < -0.4 is 5.73 Å². The Kier molecular flexibility index (Phi) is 1.37. The van der Waals surface area contributed by atoms with Gasteiger partial charge in [-0.2, -0.15) is 0 Å². The fourth-order valence-corrected chi connectivity index (χ4v) is 1.55. The summed E-state index contributed by atoms with van der Waals surface area (Å²) in [6, 6.07) is 4.07. The number of aryl methyl sites for hydroxylation is 2. The number of nitrogens with two attached hydrogens (primary N) is 1. The Morgan fingerprint density at radius 1 is 1.33 bits per heavy atom. The highest BCUT2D eigenvalue weighted by atomic mass is 14.7. The number of hydrogen-bond acceptors (Lipinski definition) is 1. The third-order valence-corrected chi connectivity index (χ3v) is 2.40. The van der Waals surface area contributed by atoms with Crippen molar-refractivity contribution in [2.24, 2.45) is 0 Å². The number of hydrogen-bond donors (Lipinski definition) is 2.